The molecule has 2 rings (SSSR count). The highest BCUT2D eigenvalue weighted by molar-refractivity contribution is 7.80. The molecule has 0 heterocycles. The minimum atomic E-state index is -0.429. The monoisotopic (exact) mass is 320 g/mol. The molecule has 1 saturated carbocycles. The molecule has 0 bridgehead atoms. The number of para-hydroxylation sites is 1. The number of nitro benzene ring substituents is 1. The fourth-order valence-electron chi connectivity index (χ4n) is 2.65. The van der Waals surface area contributed by atoms with E-state index in [0.717, 1.165) is 6.42 Å². The maximum Gasteiger partial charge on any atom is 0.278 e. The van der Waals surface area contributed by atoms with Crippen LogP contribution in [0.25, 0.3) is 0 Å². The first-order valence-electron chi connectivity index (χ1n) is 7.41. The van der Waals surface area contributed by atoms with E-state index in [9.17, 15) is 10.1 Å². The van der Waals surface area contributed by atoms with E-state index >= 15 is 0 Å². The fourth-order valence-corrected chi connectivity index (χ4v) is 2.86. The number of thiocarbonyl (C=S) groups is 1. The van der Waals surface area contributed by atoms with E-state index in [0.29, 0.717) is 22.6 Å². The lowest BCUT2D eigenvalue weighted by Gasteiger charge is -2.30. The molecule has 2 N–H and O–H groups in total. The molecule has 2 atom stereocenters. The van der Waals surface area contributed by atoms with Gasteiger partial charge in [-0.05, 0) is 37.0 Å². The van der Waals surface area contributed by atoms with Crippen molar-refractivity contribution in [2.24, 2.45) is 11.0 Å². The van der Waals surface area contributed by atoms with E-state index in [-0.39, 0.29) is 5.69 Å². The first kappa shape index (κ1) is 16.4. The second-order valence-corrected chi connectivity index (χ2v) is 5.94. The van der Waals surface area contributed by atoms with Crippen molar-refractivity contribution < 1.29 is 4.92 Å². The van der Waals surface area contributed by atoms with E-state index in [1.165, 1.54) is 31.5 Å². The van der Waals surface area contributed by atoms with Crippen LogP contribution in [0, 0.1) is 16.0 Å². The van der Waals surface area contributed by atoms with Crippen LogP contribution in [0.2, 0.25) is 0 Å². The molecule has 1 fully saturated rings. The summed E-state index contributed by atoms with van der Waals surface area (Å²) < 4.78 is 0. The van der Waals surface area contributed by atoms with E-state index in [2.05, 4.69) is 22.8 Å². The molecule has 0 radical (unpaired) electrons. The summed E-state index contributed by atoms with van der Waals surface area (Å²) in [6, 6.07) is 6.81. The van der Waals surface area contributed by atoms with Gasteiger partial charge in [0.25, 0.3) is 5.69 Å². The molecule has 1 aromatic carbocycles. The van der Waals surface area contributed by atoms with E-state index < -0.39 is 4.92 Å². The van der Waals surface area contributed by atoms with E-state index in [1.807, 2.05) is 0 Å². The minimum Gasteiger partial charge on any atom is -0.358 e. The number of nitrogens with zero attached hydrogens (tertiary/aromatic N) is 2. The predicted molar refractivity (Wildman–Crippen MR) is 91.0 cm³/mol. The van der Waals surface area contributed by atoms with Gasteiger partial charge in [0.1, 0.15) is 0 Å². The molecule has 22 heavy (non-hydrogen) atoms. The van der Waals surface area contributed by atoms with Gasteiger partial charge in [-0.2, -0.15) is 5.10 Å². The first-order valence-corrected chi connectivity index (χ1v) is 7.81. The Kier molecular flexibility index (Phi) is 5.83. The van der Waals surface area contributed by atoms with E-state index in [1.54, 1.807) is 18.2 Å². The van der Waals surface area contributed by atoms with Crippen LogP contribution in [-0.4, -0.2) is 22.3 Å². The van der Waals surface area contributed by atoms with Gasteiger partial charge in [0.2, 0.25) is 0 Å². The molecular formula is C15H20N4O2S. The number of benzene rings is 1. The summed E-state index contributed by atoms with van der Waals surface area (Å²) >= 11 is 5.22. The Balaban J connectivity index is 1.89. The lowest BCUT2D eigenvalue weighted by Crippen LogP contribution is -2.44. The van der Waals surface area contributed by atoms with Crippen LogP contribution in [0.5, 0.6) is 0 Å². The Bertz CT molecular complexity index is 576. The quantitative estimate of drug-likeness (QED) is 0.386. The molecule has 1 aliphatic rings. The number of rotatable bonds is 4. The van der Waals surface area contributed by atoms with Crippen LogP contribution in [0.4, 0.5) is 5.69 Å². The third-order valence-corrected chi connectivity index (χ3v) is 4.14. The molecular weight excluding hydrogens is 300 g/mol. The molecule has 0 amide bonds. The second kappa shape index (κ2) is 7.84. The van der Waals surface area contributed by atoms with Gasteiger partial charge in [0.15, 0.2) is 5.11 Å². The van der Waals surface area contributed by atoms with Crippen molar-refractivity contribution >= 4 is 29.2 Å². The van der Waals surface area contributed by atoms with Crippen LogP contribution < -0.4 is 10.7 Å². The van der Waals surface area contributed by atoms with Gasteiger partial charge in [-0.1, -0.05) is 31.9 Å². The topological polar surface area (TPSA) is 79.6 Å². The van der Waals surface area contributed by atoms with Crippen LogP contribution in [0.15, 0.2) is 29.4 Å². The summed E-state index contributed by atoms with van der Waals surface area (Å²) in [5, 5.41) is 18.6. The molecule has 0 aromatic heterocycles. The zero-order valence-electron chi connectivity index (χ0n) is 12.5. The fraction of sp³-hybridized carbons (Fsp3) is 0.467. The smallest absolute Gasteiger partial charge is 0.278 e. The van der Waals surface area contributed by atoms with Crippen LogP contribution in [0.1, 0.15) is 38.2 Å². The Hall–Kier alpha value is -2.02. The zero-order valence-corrected chi connectivity index (χ0v) is 13.3. The highest BCUT2D eigenvalue weighted by Gasteiger charge is 2.21. The number of hydrogen-bond acceptors (Lipinski definition) is 4. The predicted octanol–water partition coefficient (Wildman–Crippen LogP) is 2.97. The largest absolute Gasteiger partial charge is 0.358 e. The summed E-state index contributed by atoms with van der Waals surface area (Å²) in [6.07, 6.45) is 6.21. The lowest BCUT2D eigenvalue weighted by atomic mass is 9.86. The van der Waals surface area contributed by atoms with Crippen molar-refractivity contribution in [3.8, 4) is 0 Å². The third-order valence-electron chi connectivity index (χ3n) is 3.93. The van der Waals surface area contributed by atoms with Crippen LogP contribution >= 0.6 is 12.2 Å². The molecule has 0 aliphatic heterocycles. The molecule has 0 saturated heterocycles. The maximum absolute atomic E-state index is 10.9. The van der Waals surface area contributed by atoms with Gasteiger partial charge in [0, 0.05) is 12.1 Å². The molecule has 1 aromatic rings. The number of hydrazone groups is 1. The first-order chi connectivity index (χ1) is 10.6. The standard InChI is InChI=1S/C15H20N4O2S/c1-11-6-2-4-8-13(11)17-15(22)18-16-10-12-7-3-5-9-14(12)19(20)21/h3,5,7,9-11,13H,2,4,6,8H2,1H3,(H2,17,18,22)/b16-10-/t11-,13-/m1/s1. The Morgan fingerprint density at radius 2 is 2.14 bits per heavy atom. The minimum absolute atomic E-state index is 0.0211. The summed E-state index contributed by atoms with van der Waals surface area (Å²) in [4.78, 5) is 10.5. The summed E-state index contributed by atoms with van der Waals surface area (Å²) in [7, 11) is 0. The molecule has 0 unspecified atom stereocenters. The van der Waals surface area contributed by atoms with Gasteiger partial charge in [0.05, 0.1) is 16.7 Å². The average Bonchev–Trinajstić information content (AvgIpc) is 2.50. The SMILES string of the molecule is C[C@@H]1CCCC[C@H]1NC(=S)N/N=C\c1ccccc1[N+](=O)[O-]. The Labute approximate surface area is 135 Å². The van der Waals surface area contributed by atoms with Crippen molar-refractivity contribution in [3.63, 3.8) is 0 Å². The number of nitro groups is 1. The summed E-state index contributed by atoms with van der Waals surface area (Å²) in [6.45, 7) is 2.22. The van der Waals surface area contributed by atoms with Gasteiger partial charge >= 0.3 is 0 Å². The Morgan fingerprint density at radius 3 is 2.86 bits per heavy atom. The number of nitrogens with one attached hydrogen (secondary N) is 2. The maximum atomic E-state index is 10.9. The molecule has 118 valence electrons. The molecule has 0 spiro atoms. The van der Waals surface area contributed by atoms with Crippen molar-refractivity contribution in [1.29, 1.82) is 0 Å². The number of hydrogen-bond donors (Lipinski definition) is 2. The normalized spacial score (nSPS) is 21.5. The second-order valence-electron chi connectivity index (χ2n) is 5.53. The van der Waals surface area contributed by atoms with Crippen molar-refractivity contribution in [1.82, 2.24) is 10.7 Å². The van der Waals surface area contributed by atoms with Crippen molar-refractivity contribution in [2.75, 3.05) is 0 Å². The third kappa shape index (κ3) is 4.49. The van der Waals surface area contributed by atoms with Gasteiger partial charge < -0.3 is 5.32 Å². The lowest BCUT2D eigenvalue weighted by molar-refractivity contribution is -0.385. The highest BCUT2D eigenvalue weighted by Crippen LogP contribution is 2.23. The van der Waals surface area contributed by atoms with Crippen LogP contribution in [0.3, 0.4) is 0 Å². The van der Waals surface area contributed by atoms with Crippen molar-refractivity contribution in [3.05, 3.63) is 39.9 Å². The van der Waals surface area contributed by atoms with Gasteiger partial charge in [-0.3, -0.25) is 15.5 Å². The summed E-state index contributed by atoms with van der Waals surface area (Å²) in [5.74, 6) is 0.590. The molecule has 6 nitrogen and oxygen atoms in total. The van der Waals surface area contributed by atoms with E-state index in [4.69, 9.17) is 12.2 Å². The Morgan fingerprint density at radius 1 is 1.41 bits per heavy atom. The van der Waals surface area contributed by atoms with Crippen molar-refractivity contribution in [2.45, 2.75) is 38.6 Å². The van der Waals surface area contributed by atoms with Gasteiger partial charge in [-0.15, -0.1) is 0 Å². The highest BCUT2D eigenvalue weighted by atomic mass is 32.1. The average molecular weight is 320 g/mol. The molecule has 7 heteroatoms. The summed E-state index contributed by atoms with van der Waals surface area (Å²) in [5.41, 5.74) is 3.19. The van der Waals surface area contributed by atoms with Gasteiger partial charge in [-0.25, -0.2) is 0 Å². The molecule has 1 aliphatic carbocycles. The van der Waals surface area contributed by atoms with Crippen LogP contribution in [-0.2, 0) is 0 Å². The zero-order chi connectivity index (χ0) is 15.9.